The number of methoxy groups -OCH3 is 1. The van der Waals surface area contributed by atoms with Crippen LogP contribution in [0.25, 0.3) is 23.0 Å². The second-order valence-corrected chi connectivity index (χ2v) is 6.29. The summed E-state index contributed by atoms with van der Waals surface area (Å²) in [5, 5.41) is 8.10. The highest BCUT2D eigenvalue weighted by Gasteiger charge is 2.30. The molecule has 4 heterocycles. The van der Waals surface area contributed by atoms with Crippen molar-refractivity contribution in [1.82, 2.24) is 29.9 Å². The Morgan fingerprint density at radius 2 is 1.90 bits per heavy atom. The molecule has 0 spiro atoms. The zero-order valence-electron chi connectivity index (χ0n) is 16.3. The fraction of sp³-hybridized carbons (Fsp3) is 0.211. The van der Waals surface area contributed by atoms with Gasteiger partial charge in [0.1, 0.15) is 12.3 Å². The molecule has 0 aliphatic rings. The molecular formula is C19H15F3N6O3. The number of alkyl halides is 3. The summed E-state index contributed by atoms with van der Waals surface area (Å²) in [5.74, 6) is 0.885. The molecule has 0 radical (unpaired) electrons. The standard InChI is InChI=1S/C19H15F3N6O3/c1-28-14(10-30-15-7-6-11(8-23-15)19(20,21)22)12(9-24-28)18-26-17(27-31-18)13-4-3-5-16(25-13)29-2/h3-9H,10H2,1-2H3. The summed E-state index contributed by atoms with van der Waals surface area (Å²) in [7, 11) is 3.18. The summed E-state index contributed by atoms with van der Waals surface area (Å²) in [6.07, 6.45) is -2.23. The van der Waals surface area contributed by atoms with Gasteiger partial charge in [-0.1, -0.05) is 11.2 Å². The van der Waals surface area contributed by atoms with Crippen molar-refractivity contribution in [3.8, 4) is 34.7 Å². The molecule has 0 atom stereocenters. The predicted molar refractivity (Wildman–Crippen MR) is 99.9 cm³/mol. The van der Waals surface area contributed by atoms with Gasteiger partial charge in [-0.25, -0.2) is 9.97 Å². The Morgan fingerprint density at radius 1 is 1.06 bits per heavy atom. The van der Waals surface area contributed by atoms with Crippen LogP contribution in [0, 0.1) is 0 Å². The summed E-state index contributed by atoms with van der Waals surface area (Å²) in [4.78, 5) is 12.3. The number of hydrogen-bond acceptors (Lipinski definition) is 8. The number of pyridine rings is 2. The molecule has 4 rings (SSSR count). The molecule has 160 valence electrons. The summed E-state index contributed by atoms with van der Waals surface area (Å²) < 4.78 is 55.5. The normalized spacial score (nSPS) is 11.5. The van der Waals surface area contributed by atoms with Gasteiger partial charge in [-0.2, -0.15) is 23.3 Å². The maximum atomic E-state index is 12.7. The maximum absolute atomic E-state index is 12.7. The molecule has 0 fully saturated rings. The van der Waals surface area contributed by atoms with Crippen LogP contribution in [0.15, 0.2) is 47.2 Å². The Labute approximate surface area is 173 Å². The van der Waals surface area contributed by atoms with Crippen molar-refractivity contribution in [3.63, 3.8) is 0 Å². The predicted octanol–water partition coefficient (Wildman–Crippen LogP) is 3.53. The molecule has 0 aromatic carbocycles. The lowest BCUT2D eigenvalue weighted by Gasteiger charge is -2.09. The largest absolute Gasteiger partial charge is 0.481 e. The zero-order valence-corrected chi connectivity index (χ0v) is 16.3. The van der Waals surface area contributed by atoms with Crippen LogP contribution in [0.3, 0.4) is 0 Å². The minimum absolute atomic E-state index is 0.0285. The van der Waals surface area contributed by atoms with Gasteiger partial charge in [0.05, 0.1) is 30.1 Å². The first-order valence-corrected chi connectivity index (χ1v) is 8.87. The van der Waals surface area contributed by atoms with E-state index >= 15 is 0 Å². The van der Waals surface area contributed by atoms with E-state index in [9.17, 15) is 13.2 Å². The highest BCUT2D eigenvalue weighted by Crippen LogP contribution is 2.30. The number of nitrogens with zero attached hydrogens (tertiary/aromatic N) is 6. The second kappa shape index (κ2) is 8.05. The molecule has 4 aromatic heterocycles. The van der Waals surface area contributed by atoms with Crippen LogP contribution in [0.4, 0.5) is 13.2 Å². The molecule has 0 unspecified atom stereocenters. The lowest BCUT2D eigenvalue weighted by Crippen LogP contribution is -2.07. The minimum Gasteiger partial charge on any atom is -0.481 e. The molecule has 0 saturated heterocycles. The lowest BCUT2D eigenvalue weighted by atomic mass is 10.2. The van der Waals surface area contributed by atoms with E-state index in [2.05, 4.69) is 25.2 Å². The first kappa shape index (κ1) is 20.3. The van der Waals surface area contributed by atoms with E-state index in [1.165, 1.54) is 18.0 Å². The molecule has 4 aromatic rings. The van der Waals surface area contributed by atoms with Gasteiger partial charge in [-0.3, -0.25) is 4.68 Å². The van der Waals surface area contributed by atoms with Gasteiger partial charge < -0.3 is 14.0 Å². The van der Waals surface area contributed by atoms with E-state index in [-0.39, 0.29) is 24.2 Å². The fourth-order valence-corrected chi connectivity index (χ4v) is 2.68. The van der Waals surface area contributed by atoms with Crippen LogP contribution in [0.1, 0.15) is 11.3 Å². The molecule has 0 saturated carbocycles. The van der Waals surface area contributed by atoms with Gasteiger partial charge in [-0.15, -0.1) is 0 Å². The highest BCUT2D eigenvalue weighted by atomic mass is 19.4. The molecule has 9 nitrogen and oxygen atoms in total. The maximum Gasteiger partial charge on any atom is 0.417 e. The van der Waals surface area contributed by atoms with Crippen molar-refractivity contribution in [2.45, 2.75) is 12.8 Å². The molecule has 12 heteroatoms. The molecule has 0 N–H and O–H groups in total. The average molecular weight is 432 g/mol. The fourth-order valence-electron chi connectivity index (χ4n) is 2.68. The van der Waals surface area contributed by atoms with E-state index in [0.29, 0.717) is 29.0 Å². The molecule has 31 heavy (non-hydrogen) atoms. The van der Waals surface area contributed by atoms with Crippen molar-refractivity contribution in [2.24, 2.45) is 7.05 Å². The Kier molecular flexibility index (Phi) is 5.28. The van der Waals surface area contributed by atoms with Gasteiger partial charge in [-0.05, 0) is 12.1 Å². The number of aryl methyl sites for hydroxylation is 1. The van der Waals surface area contributed by atoms with Crippen molar-refractivity contribution in [2.75, 3.05) is 7.11 Å². The van der Waals surface area contributed by atoms with Crippen molar-refractivity contribution < 1.29 is 27.2 Å². The summed E-state index contributed by atoms with van der Waals surface area (Å²) in [6.45, 7) is -0.0285. The Hall–Kier alpha value is -3.96. The monoisotopic (exact) mass is 432 g/mol. The minimum atomic E-state index is -4.46. The average Bonchev–Trinajstić information content (AvgIpc) is 3.39. The second-order valence-electron chi connectivity index (χ2n) is 6.29. The van der Waals surface area contributed by atoms with Crippen molar-refractivity contribution in [1.29, 1.82) is 0 Å². The molecule has 0 bridgehead atoms. The van der Waals surface area contributed by atoms with Crippen LogP contribution in [0.2, 0.25) is 0 Å². The smallest absolute Gasteiger partial charge is 0.417 e. The number of aromatic nitrogens is 6. The Morgan fingerprint density at radius 3 is 2.61 bits per heavy atom. The lowest BCUT2D eigenvalue weighted by molar-refractivity contribution is -0.137. The van der Waals surface area contributed by atoms with Crippen molar-refractivity contribution >= 4 is 0 Å². The van der Waals surface area contributed by atoms with Crippen LogP contribution in [-0.2, 0) is 19.8 Å². The third kappa shape index (κ3) is 4.32. The van der Waals surface area contributed by atoms with Gasteiger partial charge in [0.15, 0.2) is 0 Å². The SMILES string of the molecule is COc1cccc(-c2noc(-c3cnn(C)c3COc3ccc(C(F)(F)F)cn3)n2)n1. The van der Waals surface area contributed by atoms with Crippen molar-refractivity contribution in [3.05, 3.63) is 54.0 Å². The highest BCUT2D eigenvalue weighted by molar-refractivity contribution is 5.59. The first-order chi connectivity index (χ1) is 14.8. The zero-order chi connectivity index (χ0) is 22.0. The van der Waals surface area contributed by atoms with E-state index in [1.807, 2.05) is 0 Å². The van der Waals surface area contributed by atoms with Crippen LogP contribution in [-0.4, -0.2) is 37.0 Å². The first-order valence-electron chi connectivity index (χ1n) is 8.87. The topological polar surface area (TPSA) is 101 Å². The Balaban J connectivity index is 1.54. The number of rotatable bonds is 6. The number of hydrogen-bond donors (Lipinski definition) is 0. The van der Waals surface area contributed by atoms with Crippen LogP contribution < -0.4 is 9.47 Å². The van der Waals surface area contributed by atoms with E-state index in [0.717, 1.165) is 12.1 Å². The van der Waals surface area contributed by atoms with E-state index in [1.54, 1.807) is 25.2 Å². The van der Waals surface area contributed by atoms with Crippen LogP contribution in [0.5, 0.6) is 11.8 Å². The molecule has 0 aliphatic carbocycles. The van der Waals surface area contributed by atoms with E-state index in [4.69, 9.17) is 14.0 Å². The van der Waals surface area contributed by atoms with Gasteiger partial charge in [0, 0.05) is 25.4 Å². The van der Waals surface area contributed by atoms with Gasteiger partial charge >= 0.3 is 6.18 Å². The molecule has 0 amide bonds. The number of ether oxygens (including phenoxy) is 2. The third-order valence-electron chi connectivity index (χ3n) is 4.30. The quantitative estimate of drug-likeness (QED) is 0.456. The van der Waals surface area contributed by atoms with Gasteiger partial charge in [0.2, 0.25) is 17.6 Å². The number of halogens is 3. The van der Waals surface area contributed by atoms with Gasteiger partial charge in [0.25, 0.3) is 5.89 Å². The summed E-state index contributed by atoms with van der Waals surface area (Å²) >= 11 is 0. The van der Waals surface area contributed by atoms with E-state index < -0.39 is 11.7 Å². The summed E-state index contributed by atoms with van der Waals surface area (Å²) in [5.41, 5.74) is 0.683. The Bertz CT molecular complexity index is 1190. The summed E-state index contributed by atoms with van der Waals surface area (Å²) in [6, 6.07) is 7.20. The molecular weight excluding hydrogens is 417 g/mol. The third-order valence-corrected chi connectivity index (χ3v) is 4.30. The van der Waals surface area contributed by atoms with Crippen LogP contribution >= 0.6 is 0 Å². The molecule has 0 aliphatic heterocycles.